The number of hydrogen-bond acceptors (Lipinski definition) is 6. The smallest absolute Gasteiger partial charge is 0.263 e. The Morgan fingerprint density at radius 2 is 1.91 bits per heavy atom. The average Bonchev–Trinajstić information content (AvgIpc) is 3.15. The normalized spacial score (nSPS) is 14.6. The number of alkyl halides is 1. The Bertz CT molecular complexity index is 1320. The van der Waals surface area contributed by atoms with Crippen LogP contribution >= 0.6 is 11.6 Å². The zero-order chi connectivity index (χ0) is 23.5. The fraction of sp³-hybridized carbons (Fsp3) is 0.385. The molecule has 34 heavy (non-hydrogen) atoms. The number of aryl methyl sites for hydroxylation is 1. The van der Waals surface area contributed by atoms with Crippen LogP contribution in [0, 0.1) is 0 Å². The van der Waals surface area contributed by atoms with E-state index in [1.807, 2.05) is 17.0 Å². The topological polar surface area (TPSA) is 75.4 Å². The van der Waals surface area contributed by atoms with Crippen LogP contribution in [0.2, 0.25) is 0 Å². The summed E-state index contributed by atoms with van der Waals surface area (Å²) in [6.45, 7) is 4.92. The lowest BCUT2D eigenvalue weighted by Crippen LogP contribution is -2.36. The lowest BCUT2D eigenvalue weighted by molar-refractivity contribution is -0.128. The Morgan fingerprint density at radius 3 is 2.74 bits per heavy atom. The minimum Gasteiger partial charge on any atom is -0.354 e. The Labute approximate surface area is 203 Å². The van der Waals surface area contributed by atoms with Crippen molar-refractivity contribution >= 4 is 45.2 Å². The highest BCUT2D eigenvalue weighted by Crippen LogP contribution is 2.35. The van der Waals surface area contributed by atoms with Crippen LogP contribution in [0.4, 0.5) is 5.82 Å². The number of hydrogen-bond donors (Lipinski definition) is 0. The van der Waals surface area contributed by atoms with Gasteiger partial charge in [-0.05, 0) is 29.7 Å². The standard InChI is InChI=1S/C26H28ClN5O2/c1-2-3-9-21-28-25(32-13-6-12-31(14-15-32)22(33)17-27)23-24(30-34-26(23)29-21)20-11-10-18-7-4-5-8-19(18)16-20/h4-5,7-8,10-11,16H,2-3,6,9,12-15,17H2,1H3. The molecule has 1 aliphatic heterocycles. The number of anilines is 1. The molecule has 0 saturated carbocycles. The SMILES string of the molecule is CCCCc1nc(N2CCCN(C(=O)CCl)CC2)c2c(-c3ccc4ccccc4c3)noc2n1. The third-order valence-electron chi connectivity index (χ3n) is 6.40. The van der Waals surface area contributed by atoms with Crippen molar-refractivity contribution in [2.45, 2.75) is 32.6 Å². The van der Waals surface area contributed by atoms with Crippen LogP contribution in [0.15, 0.2) is 47.0 Å². The summed E-state index contributed by atoms with van der Waals surface area (Å²) in [5.74, 6) is 1.59. The molecule has 3 heterocycles. The van der Waals surface area contributed by atoms with E-state index in [2.05, 4.69) is 47.3 Å². The van der Waals surface area contributed by atoms with Crippen LogP contribution in [0.25, 0.3) is 33.1 Å². The highest BCUT2D eigenvalue weighted by molar-refractivity contribution is 6.27. The molecule has 4 aromatic rings. The maximum absolute atomic E-state index is 12.2. The van der Waals surface area contributed by atoms with Gasteiger partial charge in [-0.3, -0.25) is 4.79 Å². The number of aromatic nitrogens is 3. The molecule has 0 atom stereocenters. The summed E-state index contributed by atoms with van der Waals surface area (Å²) in [7, 11) is 0. The number of unbranched alkanes of at least 4 members (excludes halogenated alkanes) is 1. The Kier molecular flexibility index (Phi) is 6.63. The fourth-order valence-corrected chi connectivity index (χ4v) is 4.72. The van der Waals surface area contributed by atoms with Gasteiger partial charge in [-0.25, -0.2) is 4.98 Å². The number of rotatable bonds is 6. The fourth-order valence-electron chi connectivity index (χ4n) is 4.55. The minimum atomic E-state index is -0.0261. The summed E-state index contributed by atoms with van der Waals surface area (Å²) < 4.78 is 5.77. The molecular formula is C26H28ClN5O2. The first kappa shape index (κ1) is 22.6. The number of benzene rings is 2. The summed E-state index contributed by atoms with van der Waals surface area (Å²) in [4.78, 5) is 26.0. The number of halogens is 1. The molecule has 0 spiro atoms. The molecule has 5 rings (SSSR count). The van der Waals surface area contributed by atoms with E-state index in [-0.39, 0.29) is 11.8 Å². The van der Waals surface area contributed by atoms with Crippen molar-refractivity contribution in [3.05, 3.63) is 48.3 Å². The molecule has 1 saturated heterocycles. The maximum Gasteiger partial charge on any atom is 0.263 e. The molecule has 0 bridgehead atoms. The molecule has 1 aliphatic rings. The molecule has 8 heteroatoms. The molecule has 0 unspecified atom stereocenters. The van der Waals surface area contributed by atoms with E-state index < -0.39 is 0 Å². The number of carbonyl (C=O) groups is 1. The van der Waals surface area contributed by atoms with Gasteiger partial charge < -0.3 is 14.3 Å². The highest BCUT2D eigenvalue weighted by atomic mass is 35.5. The number of nitrogens with zero attached hydrogens (tertiary/aromatic N) is 5. The summed E-state index contributed by atoms with van der Waals surface area (Å²) in [6, 6.07) is 14.6. The van der Waals surface area contributed by atoms with Crippen LogP contribution in [-0.2, 0) is 11.2 Å². The molecule has 0 aliphatic carbocycles. The zero-order valence-corrected chi connectivity index (χ0v) is 20.1. The van der Waals surface area contributed by atoms with E-state index in [1.165, 1.54) is 5.39 Å². The van der Waals surface area contributed by atoms with Gasteiger partial charge in [0.1, 0.15) is 28.6 Å². The first-order valence-corrected chi connectivity index (χ1v) is 12.5. The van der Waals surface area contributed by atoms with Gasteiger partial charge in [0.25, 0.3) is 5.71 Å². The average molecular weight is 478 g/mol. The number of fused-ring (bicyclic) bond motifs is 2. The molecule has 2 aromatic heterocycles. The van der Waals surface area contributed by atoms with E-state index in [0.717, 1.165) is 65.9 Å². The van der Waals surface area contributed by atoms with E-state index >= 15 is 0 Å². The van der Waals surface area contributed by atoms with Gasteiger partial charge in [-0.15, -0.1) is 11.6 Å². The maximum atomic E-state index is 12.2. The van der Waals surface area contributed by atoms with Crippen LogP contribution in [0.1, 0.15) is 32.0 Å². The quantitative estimate of drug-likeness (QED) is 0.361. The second-order valence-electron chi connectivity index (χ2n) is 8.70. The highest BCUT2D eigenvalue weighted by Gasteiger charge is 2.25. The molecular weight excluding hydrogens is 450 g/mol. The van der Waals surface area contributed by atoms with Gasteiger partial charge in [-0.1, -0.05) is 54.9 Å². The molecule has 1 amide bonds. The second-order valence-corrected chi connectivity index (χ2v) is 8.96. The first-order chi connectivity index (χ1) is 16.7. The van der Waals surface area contributed by atoms with E-state index in [4.69, 9.17) is 26.1 Å². The lowest BCUT2D eigenvalue weighted by atomic mass is 10.0. The predicted octanol–water partition coefficient (Wildman–Crippen LogP) is 5.06. The van der Waals surface area contributed by atoms with E-state index in [9.17, 15) is 4.79 Å². The van der Waals surface area contributed by atoms with Crippen LogP contribution in [-0.4, -0.2) is 58.0 Å². The number of amides is 1. The van der Waals surface area contributed by atoms with Crippen molar-refractivity contribution in [3.8, 4) is 11.3 Å². The van der Waals surface area contributed by atoms with Crippen molar-refractivity contribution in [2.24, 2.45) is 0 Å². The van der Waals surface area contributed by atoms with Crippen LogP contribution in [0.5, 0.6) is 0 Å². The third-order valence-corrected chi connectivity index (χ3v) is 6.63. The Morgan fingerprint density at radius 1 is 1.06 bits per heavy atom. The first-order valence-electron chi connectivity index (χ1n) is 11.9. The van der Waals surface area contributed by atoms with E-state index in [1.54, 1.807) is 0 Å². The van der Waals surface area contributed by atoms with Gasteiger partial charge in [-0.2, -0.15) is 4.98 Å². The molecule has 176 valence electrons. The Hall–Kier alpha value is -3.19. The molecule has 0 radical (unpaired) electrons. The molecule has 2 aromatic carbocycles. The minimum absolute atomic E-state index is 0.0106. The summed E-state index contributed by atoms with van der Waals surface area (Å²) in [6.07, 6.45) is 3.70. The predicted molar refractivity (Wildman–Crippen MR) is 135 cm³/mol. The van der Waals surface area contributed by atoms with Crippen molar-refractivity contribution in [1.29, 1.82) is 0 Å². The Balaban J connectivity index is 1.59. The van der Waals surface area contributed by atoms with Crippen molar-refractivity contribution < 1.29 is 9.32 Å². The van der Waals surface area contributed by atoms with Gasteiger partial charge in [0.15, 0.2) is 0 Å². The molecule has 1 fully saturated rings. The zero-order valence-electron chi connectivity index (χ0n) is 19.3. The lowest BCUT2D eigenvalue weighted by Gasteiger charge is -2.23. The summed E-state index contributed by atoms with van der Waals surface area (Å²) >= 11 is 5.81. The monoisotopic (exact) mass is 477 g/mol. The van der Waals surface area contributed by atoms with Gasteiger partial charge in [0.05, 0.1) is 0 Å². The van der Waals surface area contributed by atoms with Gasteiger partial charge >= 0.3 is 0 Å². The summed E-state index contributed by atoms with van der Waals surface area (Å²) in [5, 5.41) is 7.59. The number of carbonyl (C=O) groups excluding carboxylic acids is 1. The third kappa shape index (κ3) is 4.44. The molecule has 7 nitrogen and oxygen atoms in total. The van der Waals surface area contributed by atoms with Gasteiger partial charge in [0.2, 0.25) is 5.91 Å². The van der Waals surface area contributed by atoms with Crippen LogP contribution in [0.3, 0.4) is 0 Å². The van der Waals surface area contributed by atoms with Crippen molar-refractivity contribution in [2.75, 3.05) is 37.0 Å². The largest absolute Gasteiger partial charge is 0.354 e. The van der Waals surface area contributed by atoms with Crippen molar-refractivity contribution in [1.82, 2.24) is 20.0 Å². The molecule has 0 N–H and O–H groups in total. The second kappa shape index (κ2) is 9.97. The van der Waals surface area contributed by atoms with Crippen LogP contribution < -0.4 is 4.90 Å². The van der Waals surface area contributed by atoms with Gasteiger partial charge in [0, 0.05) is 38.2 Å². The van der Waals surface area contributed by atoms with E-state index in [0.29, 0.717) is 25.3 Å². The summed E-state index contributed by atoms with van der Waals surface area (Å²) in [5.41, 5.74) is 2.23. The van der Waals surface area contributed by atoms with Crippen molar-refractivity contribution in [3.63, 3.8) is 0 Å².